The normalized spacial score (nSPS) is 20.4. The molecule has 1 N–H and O–H groups in total. The Labute approximate surface area is 99.2 Å². The topological polar surface area (TPSA) is 75.6 Å². The van der Waals surface area contributed by atoms with Crippen LogP contribution in [0.25, 0.3) is 0 Å². The summed E-state index contributed by atoms with van der Waals surface area (Å²) in [6.45, 7) is 4.89. The van der Waals surface area contributed by atoms with Gasteiger partial charge < -0.3 is 14.7 Å². The first-order valence-corrected chi connectivity index (χ1v) is 5.47. The highest BCUT2D eigenvalue weighted by molar-refractivity contribution is 5.78. The van der Waals surface area contributed by atoms with Gasteiger partial charge in [0.15, 0.2) is 11.9 Å². The summed E-state index contributed by atoms with van der Waals surface area (Å²) < 4.78 is 5.19. The molecular weight excluding hydrogens is 222 g/mol. The summed E-state index contributed by atoms with van der Waals surface area (Å²) in [5.41, 5.74) is 1.52. The van der Waals surface area contributed by atoms with Crippen molar-refractivity contribution >= 4 is 11.8 Å². The van der Waals surface area contributed by atoms with Gasteiger partial charge in [0.2, 0.25) is 0 Å². The Morgan fingerprint density at radius 2 is 2.35 bits per heavy atom. The van der Waals surface area contributed by atoms with Gasteiger partial charge in [0, 0.05) is 12.7 Å². The summed E-state index contributed by atoms with van der Waals surface area (Å²) in [4.78, 5) is 21.5. The molecule has 1 aliphatic rings. The second-order valence-electron chi connectivity index (χ2n) is 4.04. The van der Waals surface area contributed by atoms with Crippen LogP contribution in [-0.2, 0) is 9.53 Å². The second-order valence-corrected chi connectivity index (χ2v) is 4.04. The first-order chi connectivity index (χ1) is 8.09. The van der Waals surface area contributed by atoms with E-state index in [2.05, 4.69) is 9.97 Å². The monoisotopic (exact) mass is 237 g/mol. The molecule has 1 saturated heterocycles. The fourth-order valence-electron chi connectivity index (χ4n) is 1.86. The zero-order chi connectivity index (χ0) is 12.4. The van der Waals surface area contributed by atoms with Crippen LogP contribution in [0.1, 0.15) is 11.4 Å². The summed E-state index contributed by atoms with van der Waals surface area (Å²) in [6, 6.07) is -0.682. The minimum absolute atomic E-state index is 0.185. The molecule has 1 aliphatic heterocycles. The lowest BCUT2D eigenvalue weighted by molar-refractivity contribution is -0.141. The van der Waals surface area contributed by atoms with E-state index in [9.17, 15) is 4.79 Å². The molecule has 0 aliphatic carbocycles. The van der Waals surface area contributed by atoms with Crippen molar-refractivity contribution in [3.63, 3.8) is 0 Å². The van der Waals surface area contributed by atoms with Crippen LogP contribution >= 0.6 is 0 Å². The van der Waals surface area contributed by atoms with E-state index in [1.54, 1.807) is 11.1 Å². The first-order valence-electron chi connectivity index (χ1n) is 5.47. The number of aromatic nitrogens is 2. The Kier molecular flexibility index (Phi) is 3.23. The maximum Gasteiger partial charge on any atom is 0.328 e. The Morgan fingerprint density at radius 3 is 3.06 bits per heavy atom. The van der Waals surface area contributed by atoms with Gasteiger partial charge in [-0.25, -0.2) is 9.78 Å². The third-order valence-corrected chi connectivity index (χ3v) is 2.74. The van der Waals surface area contributed by atoms with Gasteiger partial charge in [-0.2, -0.15) is 0 Å². The van der Waals surface area contributed by atoms with Crippen LogP contribution in [-0.4, -0.2) is 46.8 Å². The van der Waals surface area contributed by atoms with Crippen molar-refractivity contribution in [2.45, 2.75) is 19.9 Å². The SMILES string of the molecule is Cc1cnc(C)c(N2CCOCC2C(=O)O)n1. The lowest BCUT2D eigenvalue weighted by atomic mass is 10.2. The second kappa shape index (κ2) is 4.67. The van der Waals surface area contributed by atoms with Gasteiger partial charge in [0.25, 0.3) is 0 Å². The van der Waals surface area contributed by atoms with E-state index < -0.39 is 12.0 Å². The largest absolute Gasteiger partial charge is 0.480 e. The van der Waals surface area contributed by atoms with Crippen molar-refractivity contribution in [1.82, 2.24) is 9.97 Å². The van der Waals surface area contributed by atoms with Crippen molar-refractivity contribution in [2.75, 3.05) is 24.7 Å². The van der Waals surface area contributed by atoms with Crippen LogP contribution in [0.3, 0.4) is 0 Å². The fourth-order valence-corrected chi connectivity index (χ4v) is 1.86. The smallest absolute Gasteiger partial charge is 0.328 e. The lowest BCUT2D eigenvalue weighted by Gasteiger charge is -2.34. The number of ether oxygens (including phenoxy) is 1. The number of aryl methyl sites for hydroxylation is 2. The molecule has 1 atom stereocenters. The number of carbonyl (C=O) groups is 1. The number of carboxylic acid groups (broad SMARTS) is 1. The maximum absolute atomic E-state index is 11.2. The number of aliphatic carboxylic acids is 1. The molecule has 0 amide bonds. The Bertz CT molecular complexity index is 436. The predicted octanol–water partition coefficient (Wildman–Crippen LogP) is 0.383. The third kappa shape index (κ3) is 2.36. The summed E-state index contributed by atoms with van der Waals surface area (Å²) in [7, 11) is 0. The van der Waals surface area contributed by atoms with Crippen LogP contribution in [0.5, 0.6) is 0 Å². The summed E-state index contributed by atoms with van der Waals surface area (Å²) in [6.07, 6.45) is 1.68. The van der Waals surface area contributed by atoms with E-state index >= 15 is 0 Å². The number of carboxylic acids is 1. The average Bonchev–Trinajstić information content (AvgIpc) is 2.32. The van der Waals surface area contributed by atoms with Gasteiger partial charge >= 0.3 is 5.97 Å². The van der Waals surface area contributed by atoms with Gasteiger partial charge in [0.05, 0.1) is 24.6 Å². The average molecular weight is 237 g/mol. The third-order valence-electron chi connectivity index (χ3n) is 2.74. The van der Waals surface area contributed by atoms with Crippen LogP contribution in [0.15, 0.2) is 6.20 Å². The van der Waals surface area contributed by atoms with Crippen LogP contribution in [0, 0.1) is 13.8 Å². The number of anilines is 1. The number of rotatable bonds is 2. The molecule has 1 unspecified atom stereocenters. The van der Waals surface area contributed by atoms with Gasteiger partial charge in [-0.05, 0) is 13.8 Å². The molecular formula is C11H15N3O3. The van der Waals surface area contributed by atoms with E-state index in [0.717, 1.165) is 11.4 Å². The van der Waals surface area contributed by atoms with E-state index in [1.807, 2.05) is 13.8 Å². The Morgan fingerprint density at radius 1 is 1.59 bits per heavy atom. The molecule has 2 rings (SSSR count). The van der Waals surface area contributed by atoms with Crippen molar-refractivity contribution in [3.05, 3.63) is 17.6 Å². The minimum atomic E-state index is -0.896. The van der Waals surface area contributed by atoms with E-state index in [1.165, 1.54) is 0 Å². The lowest BCUT2D eigenvalue weighted by Crippen LogP contribution is -2.50. The van der Waals surface area contributed by atoms with Gasteiger partial charge in [-0.1, -0.05) is 0 Å². The van der Waals surface area contributed by atoms with Gasteiger partial charge in [0.1, 0.15) is 0 Å². The molecule has 6 nitrogen and oxygen atoms in total. The summed E-state index contributed by atoms with van der Waals surface area (Å²) in [5, 5.41) is 9.16. The summed E-state index contributed by atoms with van der Waals surface area (Å²) >= 11 is 0. The van der Waals surface area contributed by atoms with Crippen LogP contribution in [0.2, 0.25) is 0 Å². The summed E-state index contributed by atoms with van der Waals surface area (Å²) in [5.74, 6) is -0.256. The van der Waals surface area contributed by atoms with E-state index in [4.69, 9.17) is 9.84 Å². The molecule has 1 aromatic rings. The molecule has 0 aromatic carbocycles. The molecule has 2 heterocycles. The number of hydrogen-bond acceptors (Lipinski definition) is 5. The molecule has 0 radical (unpaired) electrons. The van der Waals surface area contributed by atoms with E-state index in [-0.39, 0.29) is 6.61 Å². The fraction of sp³-hybridized carbons (Fsp3) is 0.545. The molecule has 0 bridgehead atoms. The first kappa shape index (κ1) is 11.8. The molecule has 1 aromatic heterocycles. The number of nitrogens with zero attached hydrogens (tertiary/aromatic N) is 3. The molecule has 17 heavy (non-hydrogen) atoms. The molecule has 0 saturated carbocycles. The van der Waals surface area contributed by atoms with E-state index in [0.29, 0.717) is 19.0 Å². The predicted molar refractivity (Wildman–Crippen MR) is 61.1 cm³/mol. The zero-order valence-corrected chi connectivity index (χ0v) is 9.88. The highest BCUT2D eigenvalue weighted by Gasteiger charge is 2.31. The zero-order valence-electron chi connectivity index (χ0n) is 9.88. The van der Waals surface area contributed by atoms with Crippen LogP contribution in [0.4, 0.5) is 5.82 Å². The molecule has 1 fully saturated rings. The minimum Gasteiger partial charge on any atom is -0.480 e. The van der Waals surface area contributed by atoms with Gasteiger partial charge in [-0.15, -0.1) is 0 Å². The molecule has 92 valence electrons. The van der Waals surface area contributed by atoms with Crippen molar-refractivity contribution in [1.29, 1.82) is 0 Å². The standard InChI is InChI=1S/C11H15N3O3/c1-7-5-12-8(2)10(13-7)14-3-4-17-6-9(14)11(15)16/h5,9H,3-4,6H2,1-2H3,(H,15,16). The molecule has 6 heteroatoms. The van der Waals surface area contributed by atoms with Gasteiger partial charge in [-0.3, -0.25) is 4.98 Å². The quantitative estimate of drug-likeness (QED) is 0.801. The van der Waals surface area contributed by atoms with Crippen molar-refractivity contribution in [3.8, 4) is 0 Å². The molecule has 0 spiro atoms. The van der Waals surface area contributed by atoms with Crippen molar-refractivity contribution in [2.24, 2.45) is 0 Å². The number of hydrogen-bond donors (Lipinski definition) is 1. The van der Waals surface area contributed by atoms with Crippen molar-refractivity contribution < 1.29 is 14.6 Å². The number of morpholine rings is 1. The Balaban J connectivity index is 2.35. The maximum atomic E-state index is 11.2. The Hall–Kier alpha value is -1.69. The highest BCUT2D eigenvalue weighted by Crippen LogP contribution is 2.20. The highest BCUT2D eigenvalue weighted by atomic mass is 16.5. The van der Waals surface area contributed by atoms with Crippen LogP contribution < -0.4 is 4.90 Å².